The number of fused-ring (bicyclic) bond motifs is 3. The minimum Gasteiger partial charge on any atom is -0.508 e. The molecule has 0 unspecified atom stereocenters. The van der Waals surface area contributed by atoms with Crippen LogP contribution in [-0.4, -0.2) is 146 Å². The summed E-state index contributed by atoms with van der Waals surface area (Å²) in [6.45, 7) is 1.48. The third-order valence-electron chi connectivity index (χ3n) is 9.50. The molecule has 6 rings (SSSR count). The van der Waals surface area contributed by atoms with E-state index in [0.29, 0.717) is 5.56 Å². The van der Waals surface area contributed by atoms with E-state index in [4.69, 9.17) is 37.9 Å². The SMILES string of the molecule is CC(=O)O[C@H]1[C@H](O[C@H]2[C@H]3C=CO[C@@H](O[C@@H]4O[C@H](CO)[C@@H](O)[C@H](O)[C@H]4O)[C@@H]3[C@@]3(CO)O[C@@H]23)O[C@@H](C)[C@H](OC(=O)/C=C/c2ccc(O)cc2)[C@H]1O. The minimum absolute atomic E-state index is 0.0572. The summed E-state index contributed by atoms with van der Waals surface area (Å²) in [5.74, 6) is -2.91. The minimum atomic E-state index is -1.71. The summed E-state index contributed by atoms with van der Waals surface area (Å²) in [6.07, 6.45) is -11.8. The monoisotopic (exact) mass is 696 g/mol. The summed E-state index contributed by atoms with van der Waals surface area (Å²) in [6, 6.07) is 6.06. The fourth-order valence-electron chi connectivity index (χ4n) is 6.97. The van der Waals surface area contributed by atoms with E-state index in [0.717, 1.165) is 13.0 Å². The standard InChI is InChI=1S/C32H40O17/c1-13-25(46-19(37)8-5-15-3-6-16(36)7-4-15)24(41)27(44-14(2)35)31(43-13)47-26-17-9-10-42-29(20(17)32(12-34)28(26)49-32)48-30-23(40)22(39)21(38)18(11-33)45-30/h3-10,13,17-18,20-31,33-34,36,38-41H,11-12H2,1-2H3/b8-5+/t13-,17-,18+,20+,21+,22-,23+,24+,25-,26-,27+,28-,29-,30-,31-,32+/m0/s1. The van der Waals surface area contributed by atoms with Crippen LogP contribution in [0.4, 0.5) is 0 Å². The summed E-state index contributed by atoms with van der Waals surface area (Å²) >= 11 is 0. The van der Waals surface area contributed by atoms with E-state index >= 15 is 0 Å². The molecular formula is C32H40O17. The fraction of sp³-hybridized carbons (Fsp3) is 0.625. The Morgan fingerprint density at radius 3 is 2.29 bits per heavy atom. The maximum atomic E-state index is 12.7. The van der Waals surface area contributed by atoms with Gasteiger partial charge in [-0.05, 0) is 36.8 Å². The number of esters is 2. The van der Waals surface area contributed by atoms with E-state index in [1.54, 1.807) is 18.2 Å². The number of benzene rings is 1. The Kier molecular flexibility index (Phi) is 10.3. The Morgan fingerprint density at radius 1 is 0.878 bits per heavy atom. The van der Waals surface area contributed by atoms with E-state index in [1.165, 1.54) is 31.4 Å². The number of epoxide rings is 1. The zero-order valence-corrected chi connectivity index (χ0v) is 26.4. The molecule has 0 aromatic heterocycles. The Labute approximate surface area is 279 Å². The highest BCUT2D eigenvalue weighted by molar-refractivity contribution is 5.87. The fourth-order valence-corrected chi connectivity index (χ4v) is 6.97. The van der Waals surface area contributed by atoms with E-state index in [1.807, 2.05) is 0 Å². The highest BCUT2D eigenvalue weighted by Gasteiger charge is 2.77. The van der Waals surface area contributed by atoms with Gasteiger partial charge in [-0.15, -0.1) is 0 Å². The summed E-state index contributed by atoms with van der Waals surface area (Å²) in [5, 5.41) is 71.7. The molecule has 4 aliphatic heterocycles. The maximum Gasteiger partial charge on any atom is 0.331 e. The molecule has 17 nitrogen and oxygen atoms in total. The van der Waals surface area contributed by atoms with E-state index < -0.39 is 122 Å². The molecule has 0 bridgehead atoms. The van der Waals surface area contributed by atoms with Gasteiger partial charge in [-0.3, -0.25) is 4.79 Å². The lowest BCUT2D eigenvalue weighted by molar-refractivity contribution is -0.347. The first-order valence-corrected chi connectivity index (χ1v) is 15.8. The Bertz CT molecular complexity index is 1400. The highest BCUT2D eigenvalue weighted by Crippen LogP contribution is 2.61. The van der Waals surface area contributed by atoms with Gasteiger partial charge in [0.15, 0.2) is 24.8 Å². The molecule has 0 spiro atoms. The molecular weight excluding hydrogens is 656 g/mol. The Balaban J connectivity index is 1.16. The van der Waals surface area contributed by atoms with Gasteiger partial charge in [0.25, 0.3) is 0 Å². The van der Waals surface area contributed by atoms with Crippen LogP contribution in [0.15, 0.2) is 42.7 Å². The van der Waals surface area contributed by atoms with Crippen molar-refractivity contribution in [1.82, 2.24) is 0 Å². The topological polar surface area (TPSA) is 253 Å². The van der Waals surface area contributed by atoms with Crippen LogP contribution < -0.4 is 0 Å². The second-order valence-corrected chi connectivity index (χ2v) is 12.6. The van der Waals surface area contributed by atoms with Crippen LogP contribution in [0.2, 0.25) is 0 Å². The van der Waals surface area contributed by atoms with Crippen LogP contribution in [0.1, 0.15) is 19.4 Å². The van der Waals surface area contributed by atoms with Crippen LogP contribution in [0.25, 0.3) is 6.08 Å². The molecule has 1 aromatic rings. The molecule has 49 heavy (non-hydrogen) atoms. The number of carbonyl (C=O) groups excluding carboxylic acids is 2. The van der Waals surface area contributed by atoms with Crippen molar-refractivity contribution in [3.8, 4) is 5.75 Å². The van der Waals surface area contributed by atoms with Crippen LogP contribution in [0.3, 0.4) is 0 Å². The van der Waals surface area contributed by atoms with Crippen molar-refractivity contribution in [1.29, 1.82) is 0 Å². The summed E-state index contributed by atoms with van der Waals surface area (Å²) in [7, 11) is 0. The lowest BCUT2D eigenvalue weighted by Crippen LogP contribution is -2.61. The van der Waals surface area contributed by atoms with Crippen molar-refractivity contribution in [2.45, 2.75) is 99.4 Å². The number of hydrogen-bond acceptors (Lipinski definition) is 17. The number of phenols is 1. The second kappa shape index (κ2) is 14.2. The number of phenolic OH excluding ortho intramolecular Hbond substituents is 1. The van der Waals surface area contributed by atoms with Crippen LogP contribution in [0, 0.1) is 11.8 Å². The Hall–Kier alpha value is -3.20. The molecule has 5 aliphatic rings. The quantitative estimate of drug-likeness (QED) is 0.0779. The van der Waals surface area contributed by atoms with Crippen LogP contribution in [0.5, 0.6) is 5.75 Å². The average Bonchev–Trinajstić information content (AvgIpc) is 3.75. The number of aliphatic hydroxyl groups is 6. The molecule has 4 fully saturated rings. The largest absolute Gasteiger partial charge is 0.508 e. The molecule has 0 radical (unpaired) electrons. The van der Waals surface area contributed by atoms with E-state index in [-0.39, 0.29) is 5.75 Å². The molecule has 16 atom stereocenters. The number of aliphatic hydroxyl groups excluding tert-OH is 6. The van der Waals surface area contributed by atoms with Gasteiger partial charge >= 0.3 is 11.9 Å². The van der Waals surface area contributed by atoms with Gasteiger partial charge in [0, 0.05) is 18.9 Å². The van der Waals surface area contributed by atoms with E-state index in [9.17, 15) is 45.3 Å². The molecule has 1 aromatic carbocycles. The normalized spacial score (nSPS) is 44.1. The molecule has 1 aliphatic carbocycles. The zero-order valence-electron chi connectivity index (χ0n) is 26.4. The van der Waals surface area contributed by atoms with Gasteiger partial charge in [-0.2, -0.15) is 0 Å². The van der Waals surface area contributed by atoms with Gasteiger partial charge in [-0.1, -0.05) is 12.1 Å². The molecule has 1 saturated carbocycles. The van der Waals surface area contributed by atoms with E-state index in [2.05, 4.69) is 0 Å². The molecule has 0 amide bonds. The van der Waals surface area contributed by atoms with Crippen molar-refractivity contribution in [2.75, 3.05) is 13.2 Å². The first kappa shape index (κ1) is 35.6. The van der Waals surface area contributed by atoms with Crippen LogP contribution in [-0.2, 0) is 47.5 Å². The van der Waals surface area contributed by atoms with Crippen LogP contribution >= 0.6 is 0 Å². The predicted octanol–water partition coefficient (Wildman–Crippen LogP) is -2.20. The molecule has 7 N–H and O–H groups in total. The number of hydrogen-bond donors (Lipinski definition) is 7. The van der Waals surface area contributed by atoms with Crippen molar-refractivity contribution >= 4 is 18.0 Å². The second-order valence-electron chi connectivity index (χ2n) is 12.6. The molecule has 3 saturated heterocycles. The average molecular weight is 697 g/mol. The van der Waals surface area contributed by atoms with Gasteiger partial charge in [0.05, 0.1) is 37.6 Å². The van der Waals surface area contributed by atoms with Gasteiger partial charge < -0.3 is 73.6 Å². The first-order valence-electron chi connectivity index (χ1n) is 15.8. The van der Waals surface area contributed by atoms with Gasteiger partial charge in [0.2, 0.25) is 6.29 Å². The van der Waals surface area contributed by atoms with Crippen molar-refractivity contribution < 1.29 is 83.2 Å². The summed E-state index contributed by atoms with van der Waals surface area (Å²) < 4.78 is 46.3. The lowest BCUT2D eigenvalue weighted by atomic mass is 9.85. The number of rotatable bonds is 10. The number of ether oxygens (including phenoxy) is 8. The highest BCUT2D eigenvalue weighted by atomic mass is 16.8. The molecule has 4 heterocycles. The molecule has 270 valence electrons. The summed E-state index contributed by atoms with van der Waals surface area (Å²) in [4.78, 5) is 24.8. The van der Waals surface area contributed by atoms with Crippen molar-refractivity contribution in [2.24, 2.45) is 11.8 Å². The maximum absolute atomic E-state index is 12.7. The zero-order chi connectivity index (χ0) is 35.2. The lowest BCUT2D eigenvalue weighted by Gasteiger charge is -2.44. The van der Waals surface area contributed by atoms with Gasteiger partial charge in [-0.25, -0.2) is 4.79 Å². The Morgan fingerprint density at radius 2 is 1.61 bits per heavy atom. The third-order valence-corrected chi connectivity index (χ3v) is 9.50. The predicted molar refractivity (Wildman–Crippen MR) is 158 cm³/mol. The third kappa shape index (κ3) is 6.81. The first-order chi connectivity index (χ1) is 23.4. The smallest absolute Gasteiger partial charge is 0.331 e. The van der Waals surface area contributed by atoms with Gasteiger partial charge in [0.1, 0.15) is 48.0 Å². The van der Waals surface area contributed by atoms with Crippen molar-refractivity contribution in [3.63, 3.8) is 0 Å². The summed E-state index contributed by atoms with van der Waals surface area (Å²) in [5.41, 5.74) is -0.648. The number of carbonyl (C=O) groups is 2. The number of aromatic hydroxyl groups is 1. The van der Waals surface area contributed by atoms with Crippen molar-refractivity contribution in [3.05, 3.63) is 48.2 Å². The molecule has 17 heteroatoms.